The normalized spacial score (nSPS) is 20.1. The van der Waals surface area contributed by atoms with Crippen LogP contribution in [0.25, 0.3) is 0 Å². The molecule has 0 aromatic heterocycles. The lowest BCUT2D eigenvalue weighted by Gasteiger charge is -2.15. The van der Waals surface area contributed by atoms with Crippen molar-refractivity contribution in [3.63, 3.8) is 0 Å². The minimum absolute atomic E-state index is 0.0624. The number of allylic oxidation sites excluding steroid dienone is 3. The van der Waals surface area contributed by atoms with Gasteiger partial charge in [-0.05, 0) is 18.2 Å². The van der Waals surface area contributed by atoms with E-state index in [1.165, 1.54) is 0 Å². The molecule has 0 radical (unpaired) electrons. The highest BCUT2D eigenvalue weighted by molar-refractivity contribution is 8.02. The molecule has 1 aromatic rings. The average Bonchev–Trinajstić information content (AvgIpc) is 2.26. The molecule has 1 N–H and O–H groups in total. The van der Waals surface area contributed by atoms with Gasteiger partial charge in [0.25, 0.3) is 0 Å². The van der Waals surface area contributed by atoms with Crippen molar-refractivity contribution in [2.45, 2.75) is 10.1 Å². The van der Waals surface area contributed by atoms with Crippen LogP contribution in [0.3, 0.4) is 0 Å². The molecule has 0 spiro atoms. The smallest absolute Gasteiger partial charge is 0.130 e. The summed E-state index contributed by atoms with van der Waals surface area (Å²) in [6.07, 6.45) is 5.47. The van der Waals surface area contributed by atoms with Crippen molar-refractivity contribution in [3.8, 4) is 0 Å². The highest BCUT2D eigenvalue weighted by atomic mass is 32.2. The summed E-state index contributed by atoms with van der Waals surface area (Å²) in [5, 5.41) is 9.54. The maximum absolute atomic E-state index is 9.48. The first-order valence-electron chi connectivity index (χ1n) is 4.61. The van der Waals surface area contributed by atoms with E-state index in [4.69, 9.17) is 12.2 Å². The Balaban J connectivity index is 2.12. The molecule has 0 aliphatic heterocycles. The second-order valence-corrected chi connectivity index (χ2v) is 4.81. The third-order valence-electron chi connectivity index (χ3n) is 2.06. The number of hydrogen-bond donors (Lipinski definition) is 1. The van der Waals surface area contributed by atoms with E-state index in [9.17, 15) is 5.11 Å². The molecule has 76 valence electrons. The van der Waals surface area contributed by atoms with Gasteiger partial charge in [-0.25, -0.2) is 0 Å². The van der Waals surface area contributed by atoms with E-state index in [0.29, 0.717) is 4.86 Å². The van der Waals surface area contributed by atoms with Crippen LogP contribution in [0.15, 0.2) is 59.2 Å². The lowest BCUT2D eigenvalue weighted by atomic mass is 10.1. The average molecular weight is 234 g/mol. The molecule has 0 amide bonds. The standard InChI is InChI=1S/C12H10OS2/c13-10-7-4-8-11(12(10)14)15-9-5-2-1-3-6-9/h1-8,11,13H. The third-order valence-corrected chi connectivity index (χ3v) is 3.86. The molecule has 1 nitrogen and oxygen atoms in total. The zero-order valence-corrected chi connectivity index (χ0v) is 9.59. The number of thiocarbonyl (C=S) groups is 1. The molecule has 3 heteroatoms. The molecule has 15 heavy (non-hydrogen) atoms. The zero-order valence-electron chi connectivity index (χ0n) is 7.96. The molecule has 0 bridgehead atoms. The van der Waals surface area contributed by atoms with Gasteiger partial charge in [0.2, 0.25) is 0 Å². The maximum Gasteiger partial charge on any atom is 0.130 e. The summed E-state index contributed by atoms with van der Waals surface area (Å²) < 4.78 is 0. The summed E-state index contributed by atoms with van der Waals surface area (Å²) in [6, 6.07) is 10.0. The Kier molecular flexibility index (Phi) is 3.23. The predicted molar refractivity (Wildman–Crippen MR) is 68.5 cm³/mol. The molecular formula is C12H10OS2. The second-order valence-electron chi connectivity index (χ2n) is 3.15. The van der Waals surface area contributed by atoms with Gasteiger partial charge in [-0.1, -0.05) is 42.6 Å². The molecule has 0 saturated heterocycles. The van der Waals surface area contributed by atoms with Crippen molar-refractivity contribution in [1.29, 1.82) is 0 Å². The number of benzene rings is 1. The van der Waals surface area contributed by atoms with Crippen LogP contribution >= 0.6 is 24.0 Å². The first kappa shape index (κ1) is 10.5. The van der Waals surface area contributed by atoms with Gasteiger partial charge in [0.15, 0.2) is 0 Å². The maximum atomic E-state index is 9.48. The lowest BCUT2D eigenvalue weighted by molar-refractivity contribution is 0.443. The molecule has 1 unspecified atom stereocenters. The fourth-order valence-corrected chi connectivity index (χ4v) is 2.60. The van der Waals surface area contributed by atoms with Crippen molar-refractivity contribution >= 4 is 28.8 Å². The highest BCUT2D eigenvalue weighted by Gasteiger charge is 2.18. The molecule has 2 rings (SSSR count). The van der Waals surface area contributed by atoms with Gasteiger partial charge in [-0.15, -0.1) is 11.8 Å². The molecule has 1 aliphatic carbocycles. The van der Waals surface area contributed by atoms with Gasteiger partial charge in [0.05, 0.1) is 10.1 Å². The van der Waals surface area contributed by atoms with Gasteiger partial charge in [-0.3, -0.25) is 0 Å². The quantitative estimate of drug-likeness (QED) is 0.791. The van der Waals surface area contributed by atoms with Crippen molar-refractivity contribution < 1.29 is 5.11 Å². The van der Waals surface area contributed by atoms with Gasteiger partial charge in [0.1, 0.15) is 5.76 Å². The fraction of sp³-hybridized carbons (Fsp3) is 0.0833. The minimum Gasteiger partial charge on any atom is -0.507 e. The Morgan fingerprint density at radius 2 is 1.93 bits per heavy atom. The zero-order chi connectivity index (χ0) is 10.7. The Bertz CT molecular complexity index is 421. The second kappa shape index (κ2) is 4.64. The van der Waals surface area contributed by atoms with Crippen molar-refractivity contribution in [2.24, 2.45) is 0 Å². The summed E-state index contributed by atoms with van der Waals surface area (Å²) in [4.78, 5) is 1.76. The molecule has 1 atom stereocenters. The first-order valence-corrected chi connectivity index (χ1v) is 5.89. The van der Waals surface area contributed by atoms with E-state index in [1.807, 2.05) is 42.5 Å². The first-order chi connectivity index (χ1) is 7.27. The molecule has 0 heterocycles. The number of aliphatic hydroxyl groups excluding tert-OH is 1. The highest BCUT2D eigenvalue weighted by Crippen LogP contribution is 2.28. The van der Waals surface area contributed by atoms with E-state index in [2.05, 4.69) is 0 Å². The summed E-state index contributed by atoms with van der Waals surface area (Å²) in [6.45, 7) is 0. The summed E-state index contributed by atoms with van der Waals surface area (Å²) in [5.41, 5.74) is 0. The Morgan fingerprint density at radius 1 is 1.20 bits per heavy atom. The van der Waals surface area contributed by atoms with E-state index in [0.717, 1.165) is 4.90 Å². The van der Waals surface area contributed by atoms with Crippen LogP contribution in [0.1, 0.15) is 0 Å². The van der Waals surface area contributed by atoms with Crippen LogP contribution in [0, 0.1) is 0 Å². The van der Waals surface area contributed by atoms with Crippen LogP contribution in [0.5, 0.6) is 0 Å². The summed E-state index contributed by atoms with van der Waals surface area (Å²) >= 11 is 6.81. The number of thioether (sulfide) groups is 1. The molecule has 1 aromatic carbocycles. The van der Waals surface area contributed by atoms with E-state index >= 15 is 0 Å². The topological polar surface area (TPSA) is 20.2 Å². The van der Waals surface area contributed by atoms with Crippen molar-refractivity contribution in [1.82, 2.24) is 0 Å². The van der Waals surface area contributed by atoms with Crippen molar-refractivity contribution in [2.75, 3.05) is 0 Å². The predicted octanol–water partition coefficient (Wildman–Crippen LogP) is 3.53. The van der Waals surface area contributed by atoms with E-state index in [1.54, 1.807) is 17.8 Å². The van der Waals surface area contributed by atoms with Gasteiger partial charge >= 0.3 is 0 Å². The van der Waals surface area contributed by atoms with Gasteiger partial charge in [0, 0.05) is 4.90 Å². The molecular weight excluding hydrogens is 224 g/mol. The Hall–Kier alpha value is -1.06. The van der Waals surface area contributed by atoms with Crippen LogP contribution in [0.2, 0.25) is 0 Å². The Labute approximate surface area is 98.5 Å². The largest absolute Gasteiger partial charge is 0.507 e. The molecule has 0 fully saturated rings. The number of hydrogen-bond acceptors (Lipinski definition) is 3. The molecule has 1 aliphatic rings. The minimum atomic E-state index is 0.0624. The number of aliphatic hydroxyl groups is 1. The third kappa shape index (κ3) is 2.49. The summed E-state index contributed by atoms with van der Waals surface area (Å²) in [5.74, 6) is 0.209. The molecule has 0 saturated carbocycles. The van der Waals surface area contributed by atoms with E-state index < -0.39 is 0 Å². The van der Waals surface area contributed by atoms with Crippen LogP contribution in [-0.2, 0) is 0 Å². The lowest BCUT2D eigenvalue weighted by Crippen LogP contribution is -2.17. The SMILES string of the molecule is OC1=CC=CC(Sc2ccccc2)C1=S. The van der Waals surface area contributed by atoms with Crippen LogP contribution in [0.4, 0.5) is 0 Å². The van der Waals surface area contributed by atoms with Crippen LogP contribution in [-0.4, -0.2) is 15.2 Å². The fourth-order valence-electron chi connectivity index (χ4n) is 1.30. The van der Waals surface area contributed by atoms with Crippen molar-refractivity contribution in [3.05, 3.63) is 54.3 Å². The monoisotopic (exact) mass is 234 g/mol. The van der Waals surface area contributed by atoms with Gasteiger partial charge in [-0.2, -0.15) is 0 Å². The summed E-state index contributed by atoms with van der Waals surface area (Å²) in [7, 11) is 0. The van der Waals surface area contributed by atoms with Gasteiger partial charge < -0.3 is 5.11 Å². The van der Waals surface area contributed by atoms with E-state index in [-0.39, 0.29) is 11.0 Å². The number of rotatable bonds is 2. The Morgan fingerprint density at radius 3 is 2.67 bits per heavy atom. The van der Waals surface area contributed by atoms with Crippen LogP contribution < -0.4 is 0 Å².